The Morgan fingerprint density at radius 2 is 1.83 bits per heavy atom. The van der Waals surface area contributed by atoms with Gasteiger partial charge in [0, 0.05) is 25.3 Å². The predicted octanol–water partition coefficient (Wildman–Crippen LogP) is 4.79. The molecule has 1 aliphatic rings. The molecule has 0 saturated heterocycles. The summed E-state index contributed by atoms with van der Waals surface area (Å²) in [5.74, 6) is -0.473. The van der Waals surface area contributed by atoms with Crippen molar-refractivity contribution in [2.24, 2.45) is 0 Å². The second-order valence-electron chi connectivity index (χ2n) is 8.58. The van der Waals surface area contributed by atoms with Gasteiger partial charge in [-0.1, -0.05) is 35.9 Å². The molecule has 0 bridgehead atoms. The van der Waals surface area contributed by atoms with Crippen LogP contribution in [-0.2, 0) is 22.1 Å². The van der Waals surface area contributed by atoms with E-state index < -0.39 is 10.8 Å². The number of carbonyl (C=O) groups excluding carboxylic acids is 2. The van der Waals surface area contributed by atoms with Crippen LogP contribution in [0.3, 0.4) is 0 Å². The number of benzene rings is 3. The summed E-state index contributed by atoms with van der Waals surface area (Å²) < 4.78 is 18.9. The van der Waals surface area contributed by atoms with Crippen LogP contribution < -0.4 is 10.2 Å². The Hall–Kier alpha value is -3.29. The van der Waals surface area contributed by atoms with Crippen molar-refractivity contribution in [2.45, 2.75) is 43.5 Å². The number of rotatable bonds is 8. The molecule has 1 N–H and O–H groups in total. The number of amides is 2. The van der Waals surface area contributed by atoms with Gasteiger partial charge >= 0.3 is 0 Å². The first kappa shape index (κ1) is 24.8. The SMILES string of the molecule is CCOCCCNC(=O)c1ccc2c(c1)N(Cc1cc(C)ccc1C)C(=O)c1ccccc1[S@@]2=O. The molecule has 1 aliphatic heterocycles. The van der Waals surface area contributed by atoms with E-state index in [4.69, 9.17) is 4.74 Å². The van der Waals surface area contributed by atoms with E-state index in [1.165, 1.54) is 0 Å². The topological polar surface area (TPSA) is 75.7 Å². The van der Waals surface area contributed by atoms with Crippen molar-refractivity contribution in [1.29, 1.82) is 0 Å². The molecule has 4 rings (SSSR count). The van der Waals surface area contributed by atoms with Crippen molar-refractivity contribution in [3.63, 3.8) is 0 Å². The molecule has 3 aromatic carbocycles. The molecule has 1 atom stereocenters. The zero-order valence-electron chi connectivity index (χ0n) is 20.3. The lowest BCUT2D eigenvalue weighted by molar-refractivity contribution is 0.0941. The van der Waals surface area contributed by atoms with Gasteiger partial charge in [0.05, 0.1) is 38.4 Å². The number of nitrogens with zero attached hydrogens (tertiary/aromatic N) is 1. The highest BCUT2D eigenvalue weighted by Gasteiger charge is 2.31. The van der Waals surface area contributed by atoms with Crippen LogP contribution in [0.5, 0.6) is 0 Å². The minimum absolute atomic E-state index is 0.233. The summed E-state index contributed by atoms with van der Waals surface area (Å²) in [5, 5.41) is 2.90. The van der Waals surface area contributed by atoms with Gasteiger partial charge in [-0.15, -0.1) is 0 Å². The maximum atomic E-state index is 13.8. The molecule has 3 aromatic rings. The number of hydrogen-bond acceptors (Lipinski definition) is 4. The summed E-state index contributed by atoms with van der Waals surface area (Å²) >= 11 is 0. The zero-order chi connectivity index (χ0) is 24.9. The van der Waals surface area contributed by atoms with Gasteiger partial charge in [0.25, 0.3) is 11.8 Å². The second kappa shape index (κ2) is 11.0. The van der Waals surface area contributed by atoms with Crippen LogP contribution >= 0.6 is 0 Å². The molecule has 2 amide bonds. The predicted molar refractivity (Wildman–Crippen MR) is 137 cm³/mol. The number of fused-ring (bicyclic) bond motifs is 2. The number of carbonyl (C=O) groups is 2. The van der Waals surface area contributed by atoms with Crippen molar-refractivity contribution in [2.75, 3.05) is 24.7 Å². The van der Waals surface area contributed by atoms with E-state index in [0.29, 0.717) is 59.3 Å². The average molecular weight is 491 g/mol. The molecular formula is C28H30N2O4S. The first-order valence-corrected chi connectivity index (χ1v) is 12.9. The summed E-state index contributed by atoms with van der Waals surface area (Å²) in [4.78, 5) is 29.3. The quantitative estimate of drug-likeness (QED) is 0.461. The fourth-order valence-electron chi connectivity index (χ4n) is 4.13. The number of aryl methyl sites for hydroxylation is 2. The van der Waals surface area contributed by atoms with E-state index in [-0.39, 0.29) is 11.8 Å². The number of anilines is 1. The van der Waals surface area contributed by atoms with Gasteiger partial charge in [-0.25, -0.2) is 4.21 Å². The molecule has 182 valence electrons. The lowest BCUT2D eigenvalue weighted by Crippen LogP contribution is -2.31. The molecule has 0 aliphatic carbocycles. The van der Waals surface area contributed by atoms with Crippen molar-refractivity contribution in [3.05, 3.63) is 88.5 Å². The van der Waals surface area contributed by atoms with E-state index in [9.17, 15) is 13.8 Å². The first-order valence-electron chi connectivity index (χ1n) is 11.8. The van der Waals surface area contributed by atoms with Gasteiger partial charge in [-0.05, 0) is 68.7 Å². The molecule has 1 heterocycles. The Bertz CT molecular complexity index is 1290. The van der Waals surface area contributed by atoms with Gasteiger partial charge in [-0.3, -0.25) is 9.59 Å². The third-order valence-corrected chi connectivity index (χ3v) is 7.56. The molecule has 0 radical (unpaired) electrons. The molecule has 6 nitrogen and oxygen atoms in total. The van der Waals surface area contributed by atoms with Crippen molar-refractivity contribution < 1.29 is 18.5 Å². The van der Waals surface area contributed by atoms with E-state index >= 15 is 0 Å². The van der Waals surface area contributed by atoms with Crippen LogP contribution in [0.25, 0.3) is 0 Å². The fourth-order valence-corrected chi connectivity index (χ4v) is 5.47. The molecule has 7 heteroatoms. The van der Waals surface area contributed by atoms with Gasteiger partial charge in [-0.2, -0.15) is 0 Å². The van der Waals surface area contributed by atoms with Crippen molar-refractivity contribution in [3.8, 4) is 0 Å². The van der Waals surface area contributed by atoms with Gasteiger partial charge in [0.2, 0.25) is 0 Å². The summed E-state index contributed by atoms with van der Waals surface area (Å²) in [6, 6.07) is 18.2. The fraction of sp³-hybridized carbons (Fsp3) is 0.286. The smallest absolute Gasteiger partial charge is 0.259 e. The Kier molecular flexibility index (Phi) is 7.78. The minimum atomic E-state index is -1.56. The molecule has 35 heavy (non-hydrogen) atoms. The van der Waals surface area contributed by atoms with E-state index in [1.54, 1.807) is 47.4 Å². The highest BCUT2D eigenvalue weighted by Crippen LogP contribution is 2.36. The van der Waals surface area contributed by atoms with Crippen LogP contribution in [0, 0.1) is 13.8 Å². The standard InChI is InChI=1S/C28H30N2O4S/c1-4-34-15-7-14-29-27(31)21-12-13-26-24(17-21)30(18-22-16-19(2)10-11-20(22)3)28(32)23-8-5-6-9-25(23)35(26)33/h5-6,8-13,16-17H,4,7,14-15,18H2,1-3H3,(H,29,31)/t35-/m0/s1. The van der Waals surface area contributed by atoms with Crippen LogP contribution in [0.1, 0.15) is 50.8 Å². The molecular weight excluding hydrogens is 460 g/mol. The molecule has 0 unspecified atom stereocenters. The molecule has 0 saturated carbocycles. The average Bonchev–Trinajstić information content (AvgIpc) is 2.95. The van der Waals surface area contributed by atoms with Gasteiger partial charge in [0.1, 0.15) is 0 Å². The van der Waals surface area contributed by atoms with Gasteiger partial charge < -0.3 is 15.0 Å². The van der Waals surface area contributed by atoms with Crippen molar-refractivity contribution in [1.82, 2.24) is 5.32 Å². The van der Waals surface area contributed by atoms with Crippen LogP contribution in [-0.4, -0.2) is 35.8 Å². The highest BCUT2D eigenvalue weighted by atomic mass is 32.2. The maximum Gasteiger partial charge on any atom is 0.259 e. The van der Waals surface area contributed by atoms with Gasteiger partial charge in [0.15, 0.2) is 0 Å². The largest absolute Gasteiger partial charge is 0.382 e. The number of hydrogen-bond donors (Lipinski definition) is 1. The third kappa shape index (κ3) is 5.36. The highest BCUT2D eigenvalue weighted by molar-refractivity contribution is 7.85. The monoisotopic (exact) mass is 490 g/mol. The summed E-state index contributed by atoms with van der Waals surface area (Å²) in [5.41, 5.74) is 4.48. The zero-order valence-corrected chi connectivity index (χ0v) is 21.1. The Labute approximate surface area is 208 Å². The van der Waals surface area contributed by atoms with Crippen LogP contribution in [0.15, 0.2) is 70.5 Å². The third-order valence-electron chi connectivity index (χ3n) is 6.06. The lowest BCUT2D eigenvalue weighted by atomic mass is 10.0. The van der Waals surface area contributed by atoms with Crippen molar-refractivity contribution >= 4 is 28.3 Å². The molecule has 0 fully saturated rings. The summed E-state index contributed by atoms with van der Waals surface area (Å²) in [7, 11) is -1.56. The Morgan fingerprint density at radius 3 is 2.63 bits per heavy atom. The normalized spacial score (nSPS) is 14.8. The number of ether oxygens (including phenoxy) is 1. The first-order chi connectivity index (χ1) is 16.9. The Balaban J connectivity index is 1.74. The minimum Gasteiger partial charge on any atom is -0.382 e. The second-order valence-corrected chi connectivity index (χ2v) is 9.99. The van der Waals surface area contributed by atoms with E-state index in [0.717, 1.165) is 16.7 Å². The Morgan fingerprint density at radius 1 is 1.03 bits per heavy atom. The summed E-state index contributed by atoms with van der Waals surface area (Å²) in [6.45, 7) is 7.97. The van der Waals surface area contributed by atoms with Crippen LogP contribution in [0.2, 0.25) is 0 Å². The molecule has 0 aromatic heterocycles. The lowest BCUT2D eigenvalue weighted by Gasteiger charge is -2.24. The summed E-state index contributed by atoms with van der Waals surface area (Å²) in [6.07, 6.45) is 0.709. The van der Waals surface area contributed by atoms with Crippen LogP contribution in [0.4, 0.5) is 5.69 Å². The molecule has 0 spiro atoms. The van der Waals surface area contributed by atoms with E-state index in [2.05, 4.69) is 11.4 Å². The maximum absolute atomic E-state index is 13.8. The van der Waals surface area contributed by atoms with E-state index in [1.807, 2.05) is 32.9 Å². The number of nitrogens with one attached hydrogen (secondary N) is 1.